The maximum atomic E-state index is 13.4. The van der Waals surface area contributed by atoms with Crippen LogP contribution in [0.15, 0.2) is 24.3 Å². The molecule has 1 heterocycles. The van der Waals surface area contributed by atoms with Gasteiger partial charge in [-0.3, -0.25) is 0 Å². The topological polar surface area (TPSA) is 46.5 Å². The van der Waals surface area contributed by atoms with Gasteiger partial charge in [-0.2, -0.15) is 0 Å². The van der Waals surface area contributed by atoms with Crippen molar-refractivity contribution in [1.82, 2.24) is 0 Å². The summed E-state index contributed by atoms with van der Waals surface area (Å²) in [6.45, 7) is 0.559. The number of carbonyl (C=O) groups is 1. The van der Waals surface area contributed by atoms with E-state index in [4.69, 9.17) is 9.84 Å². The van der Waals surface area contributed by atoms with Crippen LogP contribution in [0, 0.1) is 0 Å². The van der Waals surface area contributed by atoms with Crippen molar-refractivity contribution in [2.75, 3.05) is 6.61 Å². The number of rotatable bonds is 2. The number of aliphatic carboxylic acids is 1. The van der Waals surface area contributed by atoms with Gasteiger partial charge in [0.2, 0.25) is 6.17 Å². The van der Waals surface area contributed by atoms with Crippen LogP contribution in [0.1, 0.15) is 17.0 Å². The number of hydrogen-bond acceptors (Lipinski definition) is 2. The number of alkyl halides is 1. The Bertz CT molecular complexity index is 378. The standard InChI is InChI=1S/C11H11FO3/c12-10(11(13)14)9-6-15-5-7-3-1-2-4-8(7)9/h1-4,9-10H,5-6H2,(H,13,14). The zero-order valence-corrected chi connectivity index (χ0v) is 8.02. The molecule has 0 spiro atoms. The molecule has 1 N–H and O–H groups in total. The number of ether oxygens (including phenoxy) is 1. The Labute approximate surface area is 86.5 Å². The van der Waals surface area contributed by atoms with Crippen molar-refractivity contribution in [2.24, 2.45) is 0 Å². The van der Waals surface area contributed by atoms with E-state index < -0.39 is 18.1 Å². The zero-order valence-electron chi connectivity index (χ0n) is 8.02. The van der Waals surface area contributed by atoms with Gasteiger partial charge >= 0.3 is 5.97 Å². The van der Waals surface area contributed by atoms with Crippen LogP contribution in [0.4, 0.5) is 4.39 Å². The first kappa shape index (κ1) is 10.1. The molecule has 3 nitrogen and oxygen atoms in total. The van der Waals surface area contributed by atoms with Crippen molar-refractivity contribution in [3.63, 3.8) is 0 Å². The molecule has 1 aliphatic rings. The van der Waals surface area contributed by atoms with E-state index in [1.165, 1.54) is 0 Å². The highest BCUT2D eigenvalue weighted by atomic mass is 19.1. The second-order valence-corrected chi connectivity index (χ2v) is 3.56. The molecule has 0 radical (unpaired) electrons. The predicted octanol–water partition coefficient (Wildman–Crippen LogP) is 1.72. The average molecular weight is 210 g/mol. The summed E-state index contributed by atoms with van der Waals surface area (Å²) in [5, 5.41) is 8.63. The lowest BCUT2D eigenvalue weighted by atomic mass is 9.89. The molecule has 1 aromatic carbocycles. The summed E-state index contributed by atoms with van der Waals surface area (Å²) in [5.41, 5.74) is 1.62. The van der Waals surface area contributed by atoms with Gasteiger partial charge in [0.05, 0.1) is 13.2 Å². The molecule has 0 aliphatic carbocycles. The molecule has 0 saturated carbocycles. The smallest absolute Gasteiger partial charge is 0.339 e. The summed E-state index contributed by atoms with van der Waals surface area (Å²) < 4.78 is 18.6. The van der Waals surface area contributed by atoms with Crippen LogP contribution in [-0.4, -0.2) is 23.9 Å². The Kier molecular flexibility index (Phi) is 2.68. The van der Waals surface area contributed by atoms with E-state index in [9.17, 15) is 9.18 Å². The molecule has 0 aromatic heterocycles. The number of fused-ring (bicyclic) bond motifs is 1. The Morgan fingerprint density at radius 3 is 3.00 bits per heavy atom. The van der Waals surface area contributed by atoms with Crippen LogP contribution in [0.25, 0.3) is 0 Å². The maximum Gasteiger partial charge on any atom is 0.339 e. The molecular weight excluding hydrogens is 199 g/mol. The summed E-state index contributed by atoms with van der Waals surface area (Å²) in [6, 6.07) is 7.21. The van der Waals surface area contributed by atoms with Crippen LogP contribution in [0.5, 0.6) is 0 Å². The van der Waals surface area contributed by atoms with Gasteiger partial charge in [0.25, 0.3) is 0 Å². The monoisotopic (exact) mass is 210 g/mol. The molecule has 2 unspecified atom stereocenters. The lowest BCUT2D eigenvalue weighted by Crippen LogP contribution is -2.30. The third-order valence-corrected chi connectivity index (χ3v) is 2.60. The summed E-state index contributed by atoms with van der Waals surface area (Å²) in [4.78, 5) is 10.6. The minimum Gasteiger partial charge on any atom is -0.479 e. The number of benzene rings is 1. The van der Waals surface area contributed by atoms with Crippen molar-refractivity contribution in [1.29, 1.82) is 0 Å². The van der Waals surface area contributed by atoms with Gasteiger partial charge in [0, 0.05) is 5.92 Å². The zero-order chi connectivity index (χ0) is 10.8. The lowest BCUT2D eigenvalue weighted by molar-refractivity contribution is -0.144. The molecule has 2 rings (SSSR count). The molecule has 0 saturated heterocycles. The third-order valence-electron chi connectivity index (χ3n) is 2.60. The van der Waals surface area contributed by atoms with E-state index in [1.807, 2.05) is 12.1 Å². The first-order valence-corrected chi connectivity index (χ1v) is 4.72. The molecule has 1 aliphatic heterocycles. The van der Waals surface area contributed by atoms with E-state index >= 15 is 0 Å². The maximum absolute atomic E-state index is 13.4. The van der Waals surface area contributed by atoms with Gasteiger partial charge < -0.3 is 9.84 Å². The minimum atomic E-state index is -1.90. The van der Waals surface area contributed by atoms with E-state index in [0.29, 0.717) is 6.61 Å². The average Bonchev–Trinajstić information content (AvgIpc) is 2.27. The van der Waals surface area contributed by atoms with Crippen LogP contribution in [-0.2, 0) is 16.1 Å². The van der Waals surface area contributed by atoms with Crippen molar-refractivity contribution in [2.45, 2.75) is 18.7 Å². The first-order valence-electron chi connectivity index (χ1n) is 4.72. The van der Waals surface area contributed by atoms with E-state index in [2.05, 4.69) is 0 Å². The van der Waals surface area contributed by atoms with E-state index in [0.717, 1.165) is 11.1 Å². The minimum absolute atomic E-state index is 0.129. The van der Waals surface area contributed by atoms with E-state index in [1.54, 1.807) is 12.1 Å². The highest BCUT2D eigenvalue weighted by Crippen LogP contribution is 2.30. The summed E-state index contributed by atoms with van der Waals surface area (Å²) in [7, 11) is 0. The van der Waals surface area contributed by atoms with Crippen LogP contribution < -0.4 is 0 Å². The molecule has 80 valence electrons. The second kappa shape index (κ2) is 3.98. The molecule has 0 amide bonds. The molecule has 1 aromatic rings. The van der Waals surface area contributed by atoms with Gasteiger partial charge in [0.15, 0.2) is 0 Å². The Morgan fingerprint density at radius 1 is 1.53 bits per heavy atom. The predicted molar refractivity (Wildman–Crippen MR) is 51.4 cm³/mol. The van der Waals surface area contributed by atoms with Crippen molar-refractivity contribution >= 4 is 5.97 Å². The number of halogens is 1. The first-order chi connectivity index (χ1) is 7.20. The highest BCUT2D eigenvalue weighted by molar-refractivity contribution is 5.73. The lowest BCUT2D eigenvalue weighted by Gasteiger charge is -2.26. The Balaban J connectivity index is 2.33. The fourth-order valence-corrected chi connectivity index (χ4v) is 1.83. The fraction of sp³-hybridized carbons (Fsp3) is 0.364. The Morgan fingerprint density at radius 2 is 2.27 bits per heavy atom. The molecule has 0 fully saturated rings. The van der Waals surface area contributed by atoms with Gasteiger partial charge in [-0.15, -0.1) is 0 Å². The normalized spacial score (nSPS) is 21.8. The van der Waals surface area contributed by atoms with Gasteiger partial charge in [0.1, 0.15) is 0 Å². The van der Waals surface area contributed by atoms with Crippen LogP contribution in [0.2, 0.25) is 0 Å². The summed E-state index contributed by atoms with van der Waals surface area (Å²) >= 11 is 0. The quantitative estimate of drug-likeness (QED) is 0.808. The van der Waals surface area contributed by atoms with Gasteiger partial charge in [-0.05, 0) is 11.1 Å². The SMILES string of the molecule is O=C(O)C(F)C1COCc2ccccc21. The molecule has 2 atom stereocenters. The number of carboxylic acid groups (broad SMARTS) is 1. The van der Waals surface area contributed by atoms with Gasteiger partial charge in [-0.1, -0.05) is 24.3 Å². The van der Waals surface area contributed by atoms with Crippen molar-refractivity contribution in [3.8, 4) is 0 Å². The van der Waals surface area contributed by atoms with Crippen molar-refractivity contribution < 1.29 is 19.0 Å². The molecule has 15 heavy (non-hydrogen) atoms. The summed E-state index contributed by atoms with van der Waals surface area (Å²) in [6.07, 6.45) is -1.90. The van der Waals surface area contributed by atoms with Crippen LogP contribution in [0.3, 0.4) is 0 Å². The number of hydrogen-bond donors (Lipinski definition) is 1. The molecule has 0 bridgehead atoms. The molecular formula is C11H11FO3. The summed E-state index contributed by atoms with van der Waals surface area (Å²) in [5.74, 6) is -2.12. The van der Waals surface area contributed by atoms with E-state index in [-0.39, 0.29) is 6.61 Å². The van der Waals surface area contributed by atoms with Crippen molar-refractivity contribution in [3.05, 3.63) is 35.4 Å². The van der Waals surface area contributed by atoms with Gasteiger partial charge in [-0.25, -0.2) is 9.18 Å². The highest BCUT2D eigenvalue weighted by Gasteiger charge is 2.33. The fourth-order valence-electron chi connectivity index (χ4n) is 1.83. The second-order valence-electron chi connectivity index (χ2n) is 3.56. The molecule has 4 heteroatoms. The van der Waals surface area contributed by atoms with Crippen LogP contribution >= 0.6 is 0 Å². The number of carboxylic acids is 1. The third kappa shape index (κ3) is 1.85. The largest absolute Gasteiger partial charge is 0.479 e. The Hall–Kier alpha value is -1.42.